The number of hydrogen-bond acceptors (Lipinski definition) is 1. The van der Waals surface area contributed by atoms with Gasteiger partial charge in [0.15, 0.2) is 0 Å². The van der Waals surface area contributed by atoms with Crippen molar-refractivity contribution in [2.45, 2.75) is 65.3 Å². The van der Waals surface area contributed by atoms with E-state index in [4.69, 9.17) is 0 Å². The Labute approximate surface area is 89.7 Å². The van der Waals surface area contributed by atoms with E-state index in [0.717, 1.165) is 13.0 Å². The molecule has 0 saturated carbocycles. The molecule has 1 nitrogen and oxygen atoms in total. The smallest absolute Gasteiger partial charge is 0.0214 e. The Morgan fingerprint density at radius 1 is 1.21 bits per heavy atom. The van der Waals surface area contributed by atoms with E-state index >= 15 is 0 Å². The number of unbranched alkanes of at least 4 members (excludes halogenated alkanes) is 3. The Morgan fingerprint density at radius 3 is 2.64 bits per heavy atom. The summed E-state index contributed by atoms with van der Waals surface area (Å²) in [6.45, 7) is 7.46. The third-order valence-electron chi connectivity index (χ3n) is 2.41. The predicted octanol–water partition coefficient (Wildman–Crippen LogP) is 3.35. The normalized spacial score (nSPS) is 11.9. The highest BCUT2D eigenvalue weighted by molar-refractivity contribution is 4.95. The molecule has 0 fully saturated rings. The Kier molecular flexibility index (Phi) is 10.2. The summed E-state index contributed by atoms with van der Waals surface area (Å²) >= 11 is 0. The Hall–Kier alpha value is -0.480. The quantitative estimate of drug-likeness (QED) is 0.462. The van der Waals surface area contributed by atoms with Crippen molar-refractivity contribution in [2.75, 3.05) is 6.54 Å². The summed E-state index contributed by atoms with van der Waals surface area (Å²) in [5.41, 5.74) is 0. The lowest BCUT2D eigenvalue weighted by Gasteiger charge is -2.12. The maximum atomic E-state index is 3.49. The molecule has 0 aromatic heterocycles. The van der Waals surface area contributed by atoms with Gasteiger partial charge in [0, 0.05) is 19.0 Å². The van der Waals surface area contributed by atoms with Crippen molar-refractivity contribution in [3.8, 4) is 11.8 Å². The molecule has 0 aromatic rings. The lowest BCUT2D eigenvalue weighted by atomic mass is 10.1. The second kappa shape index (κ2) is 10.6. The van der Waals surface area contributed by atoms with Gasteiger partial charge in [-0.1, -0.05) is 32.6 Å². The van der Waals surface area contributed by atoms with Gasteiger partial charge in [0.05, 0.1) is 0 Å². The summed E-state index contributed by atoms with van der Waals surface area (Å²) in [4.78, 5) is 0. The summed E-state index contributed by atoms with van der Waals surface area (Å²) in [6.07, 6.45) is 7.75. The van der Waals surface area contributed by atoms with Crippen LogP contribution in [0.25, 0.3) is 0 Å². The fourth-order valence-electron chi connectivity index (χ4n) is 1.49. The van der Waals surface area contributed by atoms with Gasteiger partial charge in [-0.25, -0.2) is 0 Å². The second-order valence-electron chi connectivity index (χ2n) is 3.88. The first-order valence-corrected chi connectivity index (χ1v) is 5.94. The van der Waals surface area contributed by atoms with E-state index in [1.54, 1.807) is 0 Å². The molecule has 0 rings (SSSR count). The van der Waals surface area contributed by atoms with E-state index in [-0.39, 0.29) is 0 Å². The van der Waals surface area contributed by atoms with E-state index in [2.05, 4.69) is 31.0 Å². The van der Waals surface area contributed by atoms with E-state index in [1.807, 2.05) is 6.92 Å². The first-order chi connectivity index (χ1) is 6.81. The van der Waals surface area contributed by atoms with E-state index in [0.29, 0.717) is 6.04 Å². The second-order valence-corrected chi connectivity index (χ2v) is 3.88. The monoisotopic (exact) mass is 195 g/mol. The molecule has 0 aliphatic rings. The van der Waals surface area contributed by atoms with E-state index in [1.165, 1.54) is 32.1 Å². The summed E-state index contributed by atoms with van der Waals surface area (Å²) in [5, 5.41) is 3.49. The van der Waals surface area contributed by atoms with Crippen LogP contribution in [0.5, 0.6) is 0 Å². The molecular weight excluding hydrogens is 170 g/mol. The fourth-order valence-corrected chi connectivity index (χ4v) is 1.49. The molecule has 1 atom stereocenters. The lowest BCUT2D eigenvalue weighted by molar-refractivity contribution is 0.489. The van der Waals surface area contributed by atoms with Gasteiger partial charge in [0.2, 0.25) is 0 Å². The molecule has 0 amide bonds. The summed E-state index contributed by atoms with van der Waals surface area (Å²) in [6, 6.07) is 0.658. The minimum atomic E-state index is 0.658. The molecule has 1 N–H and O–H groups in total. The molecule has 0 aliphatic carbocycles. The molecule has 0 bridgehead atoms. The van der Waals surface area contributed by atoms with E-state index in [9.17, 15) is 0 Å². The number of rotatable bonds is 8. The Balaban J connectivity index is 3.17. The average Bonchev–Trinajstić information content (AvgIpc) is 2.19. The van der Waals surface area contributed by atoms with Gasteiger partial charge in [-0.05, 0) is 20.3 Å². The Bertz CT molecular complexity index is 164. The third kappa shape index (κ3) is 9.61. The zero-order chi connectivity index (χ0) is 10.6. The number of hydrogen-bond donors (Lipinski definition) is 1. The zero-order valence-corrected chi connectivity index (χ0v) is 10.0. The van der Waals surface area contributed by atoms with Crippen molar-refractivity contribution in [2.24, 2.45) is 0 Å². The Morgan fingerprint density at radius 2 is 2.00 bits per heavy atom. The third-order valence-corrected chi connectivity index (χ3v) is 2.41. The molecule has 0 spiro atoms. The van der Waals surface area contributed by atoms with Crippen LogP contribution < -0.4 is 5.32 Å². The molecule has 0 radical (unpaired) electrons. The zero-order valence-electron chi connectivity index (χ0n) is 10.0. The first kappa shape index (κ1) is 13.5. The highest BCUT2D eigenvalue weighted by atomic mass is 14.9. The van der Waals surface area contributed by atoms with Crippen molar-refractivity contribution < 1.29 is 0 Å². The van der Waals surface area contributed by atoms with Crippen LogP contribution in [0.15, 0.2) is 0 Å². The first-order valence-electron chi connectivity index (χ1n) is 5.94. The number of nitrogens with one attached hydrogen (secondary N) is 1. The fraction of sp³-hybridized carbons (Fsp3) is 0.846. The van der Waals surface area contributed by atoms with Crippen molar-refractivity contribution in [3.05, 3.63) is 0 Å². The highest BCUT2D eigenvalue weighted by Crippen LogP contribution is 2.04. The molecule has 1 heteroatoms. The van der Waals surface area contributed by atoms with Gasteiger partial charge in [-0.2, -0.15) is 0 Å². The molecular formula is C13H25N. The summed E-state index contributed by atoms with van der Waals surface area (Å²) < 4.78 is 0. The van der Waals surface area contributed by atoms with Gasteiger partial charge in [-0.3, -0.25) is 0 Å². The summed E-state index contributed by atoms with van der Waals surface area (Å²) in [5.74, 6) is 5.98. The van der Waals surface area contributed by atoms with Crippen molar-refractivity contribution in [1.82, 2.24) is 5.32 Å². The molecule has 0 aromatic carbocycles. The van der Waals surface area contributed by atoms with Crippen LogP contribution in [-0.4, -0.2) is 12.6 Å². The van der Waals surface area contributed by atoms with Gasteiger partial charge >= 0.3 is 0 Å². The molecule has 0 saturated heterocycles. The minimum Gasteiger partial charge on any atom is -0.313 e. The van der Waals surface area contributed by atoms with E-state index < -0.39 is 0 Å². The van der Waals surface area contributed by atoms with Gasteiger partial charge in [-0.15, -0.1) is 11.8 Å². The van der Waals surface area contributed by atoms with Crippen LogP contribution in [0.1, 0.15) is 59.3 Å². The minimum absolute atomic E-state index is 0.658. The predicted molar refractivity (Wildman–Crippen MR) is 64.3 cm³/mol. The highest BCUT2D eigenvalue weighted by Gasteiger charge is 1.98. The van der Waals surface area contributed by atoms with Crippen LogP contribution in [0, 0.1) is 11.8 Å². The molecule has 0 aliphatic heterocycles. The van der Waals surface area contributed by atoms with Gasteiger partial charge in [0.1, 0.15) is 0 Å². The average molecular weight is 195 g/mol. The lowest BCUT2D eigenvalue weighted by Crippen LogP contribution is -2.26. The largest absolute Gasteiger partial charge is 0.313 e. The SMILES string of the molecule is CC#CCCNC(C)CCCCCC. The van der Waals surface area contributed by atoms with Crippen LogP contribution in [0.3, 0.4) is 0 Å². The van der Waals surface area contributed by atoms with Crippen molar-refractivity contribution in [1.29, 1.82) is 0 Å². The van der Waals surface area contributed by atoms with Crippen molar-refractivity contribution in [3.63, 3.8) is 0 Å². The van der Waals surface area contributed by atoms with Crippen LogP contribution >= 0.6 is 0 Å². The molecule has 1 unspecified atom stereocenters. The van der Waals surface area contributed by atoms with Crippen LogP contribution in [-0.2, 0) is 0 Å². The van der Waals surface area contributed by atoms with Crippen LogP contribution in [0.2, 0.25) is 0 Å². The summed E-state index contributed by atoms with van der Waals surface area (Å²) in [7, 11) is 0. The van der Waals surface area contributed by atoms with Crippen LogP contribution in [0.4, 0.5) is 0 Å². The van der Waals surface area contributed by atoms with Gasteiger partial charge in [0.25, 0.3) is 0 Å². The standard InChI is InChI=1S/C13H25N/c1-4-6-8-9-11-13(3)14-12-10-7-5-2/h13-14H,4,6,8-12H2,1-3H3. The topological polar surface area (TPSA) is 12.0 Å². The molecule has 14 heavy (non-hydrogen) atoms. The van der Waals surface area contributed by atoms with Gasteiger partial charge < -0.3 is 5.32 Å². The maximum absolute atomic E-state index is 3.49. The van der Waals surface area contributed by atoms with Crippen molar-refractivity contribution >= 4 is 0 Å². The molecule has 82 valence electrons. The molecule has 0 heterocycles. The maximum Gasteiger partial charge on any atom is 0.0214 e.